The Bertz CT molecular complexity index is 972. The minimum absolute atomic E-state index is 0.00397. The molecular weight excluding hydrogens is 440 g/mol. The van der Waals surface area contributed by atoms with E-state index >= 15 is 0 Å². The van der Waals surface area contributed by atoms with Crippen molar-refractivity contribution in [3.05, 3.63) is 53.1 Å². The molecule has 7 nitrogen and oxygen atoms in total. The highest BCUT2D eigenvalue weighted by molar-refractivity contribution is 6.33. The topological polar surface area (TPSA) is 99.3 Å². The molecule has 1 aliphatic carbocycles. The van der Waals surface area contributed by atoms with Crippen LogP contribution in [0.5, 0.6) is 0 Å². The van der Waals surface area contributed by atoms with Gasteiger partial charge in [-0.2, -0.15) is 0 Å². The van der Waals surface area contributed by atoms with Gasteiger partial charge < -0.3 is 21.3 Å². The van der Waals surface area contributed by atoms with Crippen LogP contribution in [0, 0.1) is 0 Å². The molecule has 1 aliphatic rings. The Morgan fingerprint density at radius 2 is 1.58 bits per heavy atom. The van der Waals surface area contributed by atoms with Gasteiger partial charge in [0.2, 0.25) is 11.8 Å². The van der Waals surface area contributed by atoms with Gasteiger partial charge in [0.25, 0.3) is 5.91 Å². The minimum Gasteiger partial charge on any atom is -0.375 e. The molecule has 2 aromatic rings. The summed E-state index contributed by atoms with van der Waals surface area (Å²) in [6.07, 6.45) is 6.82. The molecule has 176 valence electrons. The maximum atomic E-state index is 12.4. The number of carbonyl (C=O) groups is 3. The van der Waals surface area contributed by atoms with Gasteiger partial charge in [-0.15, -0.1) is 0 Å². The number of halogens is 1. The van der Waals surface area contributed by atoms with Gasteiger partial charge in [-0.25, -0.2) is 0 Å². The molecule has 0 aliphatic heterocycles. The number of carbonyl (C=O) groups excluding carboxylic acids is 3. The van der Waals surface area contributed by atoms with E-state index in [4.69, 9.17) is 11.6 Å². The number of benzene rings is 2. The Morgan fingerprint density at radius 1 is 0.909 bits per heavy atom. The molecule has 2 aromatic carbocycles. The first-order chi connectivity index (χ1) is 15.9. The highest BCUT2D eigenvalue weighted by Crippen LogP contribution is 2.25. The number of amides is 3. The third-order valence-electron chi connectivity index (χ3n) is 5.54. The summed E-state index contributed by atoms with van der Waals surface area (Å²) in [5, 5.41) is 12.1. The number of hydrogen-bond acceptors (Lipinski definition) is 4. The van der Waals surface area contributed by atoms with Crippen molar-refractivity contribution in [2.45, 2.75) is 57.9 Å². The van der Waals surface area contributed by atoms with Crippen LogP contribution in [-0.2, 0) is 9.59 Å². The summed E-state index contributed by atoms with van der Waals surface area (Å²) in [4.78, 5) is 36.6. The third-order valence-corrected chi connectivity index (χ3v) is 5.87. The van der Waals surface area contributed by atoms with E-state index in [2.05, 4.69) is 21.3 Å². The summed E-state index contributed by atoms with van der Waals surface area (Å²) in [5.74, 6) is -0.410. The van der Waals surface area contributed by atoms with Gasteiger partial charge in [-0.05, 0) is 61.7 Å². The van der Waals surface area contributed by atoms with Crippen molar-refractivity contribution in [2.75, 3.05) is 22.5 Å². The van der Waals surface area contributed by atoms with Gasteiger partial charge in [0.1, 0.15) is 0 Å². The van der Waals surface area contributed by atoms with E-state index in [1.165, 1.54) is 6.42 Å². The maximum Gasteiger partial charge on any atom is 0.251 e. The second kappa shape index (κ2) is 12.3. The second-order valence-electron chi connectivity index (χ2n) is 8.28. The van der Waals surface area contributed by atoms with Crippen molar-refractivity contribution in [2.24, 2.45) is 0 Å². The molecular formula is C25H31ClN4O3. The molecule has 0 saturated heterocycles. The van der Waals surface area contributed by atoms with Crippen LogP contribution < -0.4 is 21.3 Å². The Labute approximate surface area is 199 Å². The van der Waals surface area contributed by atoms with Crippen LogP contribution >= 0.6 is 11.6 Å². The lowest BCUT2D eigenvalue weighted by Gasteiger charge is -2.22. The lowest BCUT2D eigenvalue weighted by molar-refractivity contribution is -0.116. The standard InChI is InChI=1S/C25H31ClN4O3/c1-2-6-23(31)29-20-13-14-21(26)22(15-20)27-16-24(32)28-19-11-9-17(10-12-19)25(33)30-18-7-4-3-5-8-18/h9-15,18,27H,2-8,16H2,1H3,(H,28,32)(H,29,31)(H,30,33). The lowest BCUT2D eigenvalue weighted by Crippen LogP contribution is -2.36. The van der Waals surface area contributed by atoms with Gasteiger partial charge in [-0.3, -0.25) is 14.4 Å². The average molecular weight is 471 g/mol. The quantitative estimate of drug-likeness (QED) is 0.405. The summed E-state index contributed by atoms with van der Waals surface area (Å²) < 4.78 is 0. The minimum atomic E-state index is -0.258. The van der Waals surface area contributed by atoms with Gasteiger partial charge in [0, 0.05) is 29.4 Å². The fourth-order valence-electron chi connectivity index (χ4n) is 3.79. The Morgan fingerprint density at radius 3 is 2.27 bits per heavy atom. The molecule has 4 N–H and O–H groups in total. The van der Waals surface area contributed by atoms with Gasteiger partial charge in [0.05, 0.1) is 17.3 Å². The van der Waals surface area contributed by atoms with Crippen molar-refractivity contribution in [3.63, 3.8) is 0 Å². The highest BCUT2D eigenvalue weighted by atomic mass is 35.5. The van der Waals surface area contributed by atoms with E-state index in [1.807, 2.05) is 6.92 Å². The molecule has 0 radical (unpaired) electrons. The molecule has 0 atom stereocenters. The van der Waals surface area contributed by atoms with Crippen molar-refractivity contribution in [1.82, 2.24) is 5.32 Å². The first-order valence-electron chi connectivity index (χ1n) is 11.5. The summed E-state index contributed by atoms with van der Waals surface area (Å²) in [7, 11) is 0. The molecule has 33 heavy (non-hydrogen) atoms. The predicted molar refractivity (Wildman–Crippen MR) is 133 cm³/mol. The molecule has 0 bridgehead atoms. The maximum absolute atomic E-state index is 12.4. The van der Waals surface area contributed by atoms with Crippen LogP contribution in [0.25, 0.3) is 0 Å². The fourth-order valence-corrected chi connectivity index (χ4v) is 3.97. The number of rotatable bonds is 9. The molecule has 0 aromatic heterocycles. The molecule has 3 rings (SSSR count). The van der Waals surface area contributed by atoms with Crippen LogP contribution in [0.3, 0.4) is 0 Å². The molecule has 0 unspecified atom stereocenters. The molecule has 0 heterocycles. The summed E-state index contributed by atoms with van der Waals surface area (Å²) in [6, 6.07) is 12.2. The Hall–Kier alpha value is -3.06. The van der Waals surface area contributed by atoms with E-state index in [9.17, 15) is 14.4 Å². The van der Waals surface area contributed by atoms with E-state index in [1.54, 1.807) is 42.5 Å². The van der Waals surface area contributed by atoms with Crippen LogP contribution in [0.4, 0.5) is 17.1 Å². The Balaban J connectivity index is 1.49. The van der Waals surface area contributed by atoms with Crippen LogP contribution in [0.1, 0.15) is 62.2 Å². The molecule has 1 saturated carbocycles. The van der Waals surface area contributed by atoms with E-state index in [-0.39, 0.29) is 30.3 Å². The zero-order valence-electron chi connectivity index (χ0n) is 18.9. The van der Waals surface area contributed by atoms with Crippen LogP contribution in [0.2, 0.25) is 5.02 Å². The van der Waals surface area contributed by atoms with E-state index in [0.717, 1.165) is 32.1 Å². The first-order valence-corrected chi connectivity index (χ1v) is 11.9. The van der Waals surface area contributed by atoms with Crippen molar-refractivity contribution in [3.8, 4) is 0 Å². The fraction of sp³-hybridized carbons (Fsp3) is 0.400. The summed E-state index contributed by atoms with van der Waals surface area (Å²) in [6.45, 7) is 1.93. The van der Waals surface area contributed by atoms with Crippen LogP contribution in [-0.4, -0.2) is 30.3 Å². The smallest absolute Gasteiger partial charge is 0.251 e. The van der Waals surface area contributed by atoms with Gasteiger partial charge >= 0.3 is 0 Å². The third kappa shape index (κ3) is 7.79. The molecule has 1 fully saturated rings. The number of hydrogen-bond donors (Lipinski definition) is 4. The SMILES string of the molecule is CCCC(=O)Nc1ccc(Cl)c(NCC(=O)Nc2ccc(C(=O)NC3CCCCC3)cc2)c1. The zero-order chi connectivity index (χ0) is 23.6. The predicted octanol–water partition coefficient (Wildman–Crippen LogP) is 5.19. The highest BCUT2D eigenvalue weighted by Gasteiger charge is 2.16. The van der Waals surface area contributed by atoms with Crippen molar-refractivity contribution < 1.29 is 14.4 Å². The zero-order valence-corrected chi connectivity index (χ0v) is 19.6. The Kier molecular flexibility index (Phi) is 9.13. The summed E-state index contributed by atoms with van der Waals surface area (Å²) >= 11 is 6.21. The number of nitrogens with one attached hydrogen (secondary N) is 4. The first kappa shape index (κ1) is 24.6. The van der Waals surface area contributed by atoms with E-state index in [0.29, 0.717) is 34.1 Å². The average Bonchev–Trinajstić information content (AvgIpc) is 2.80. The summed E-state index contributed by atoms with van der Waals surface area (Å²) in [5.41, 5.74) is 2.34. The lowest BCUT2D eigenvalue weighted by atomic mass is 9.95. The second-order valence-corrected chi connectivity index (χ2v) is 8.69. The van der Waals surface area contributed by atoms with Crippen molar-refractivity contribution >= 4 is 46.4 Å². The van der Waals surface area contributed by atoms with E-state index < -0.39 is 0 Å². The largest absolute Gasteiger partial charge is 0.375 e. The molecule has 0 spiro atoms. The monoisotopic (exact) mass is 470 g/mol. The molecule has 3 amide bonds. The number of anilines is 3. The van der Waals surface area contributed by atoms with Crippen molar-refractivity contribution in [1.29, 1.82) is 0 Å². The molecule has 8 heteroatoms. The van der Waals surface area contributed by atoms with Gasteiger partial charge in [0.15, 0.2) is 0 Å². The van der Waals surface area contributed by atoms with Crippen LogP contribution in [0.15, 0.2) is 42.5 Å². The normalized spacial score (nSPS) is 13.8. The van der Waals surface area contributed by atoms with Gasteiger partial charge in [-0.1, -0.05) is 37.8 Å².